The summed E-state index contributed by atoms with van der Waals surface area (Å²) >= 11 is 24.2. The molecule has 122 valence electrons. The van der Waals surface area contributed by atoms with Gasteiger partial charge in [-0.2, -0.15) is 0 Å². The highest BCUT2D eigenvalue weighted by atomic mass is 35.5. The minimum absolute atomic E-state index is 0.266. The number of halogens is 4. The molecule has 2 aromatic carbocycles. The maximum atomic E-state index is 12.5. The number of hydroxylamine groups is 2. The molecule has 0 heterocycles. The monoisotopic (exact) mass is 391 g/mol. The Morgan fingerprint density at radius 3 is 2.22 bits per heavy atom. The molecule has 0 unspecified atom stereocenters. The predicted octanol–water partition coefficient (Wildman–Crippen LogP) is 5.55. The third-order valence-corrected chi connectivity index (χ3v) is 4.44. The van der Waals surface area contributed by atoms with Crippen LogP contribution in [-0.2, 0) is 11.3 Å². The van der Waals surface area contributed by atoms with Crippen molar-refractivity contribution in [1.82, 2.24) is 5.06 Å². The maximum Gasteiger partial charge on any atom is 0.278 e. The number of hydrogen-bond donors (Lipinski definition) is 0. The standard InChI is InChI=1S/C16H13Cl4NO2/c1-23-21(16(22)12-4-2-3-5-13(12)18)7-6-11-14(19)8-10(17)9-15(11)20/h2-5,8-9H,6-7H2,1H3. The van der Waals surface area contributed by atoms with Crippen LogP contribution in [0.4, 0.5) is 0 Å². The van der Waals surface area contributed by atoms with Gasteiger partial charge in [-0.1, -0.05) is 58.5 Å². The van der Waals surface area contributed by atoms with E-state index in [1.807, 2.05) is 0 Å². The Hall–Kier alpha value is -0.970. The molecule has 3 nitrogen and oxygen atoms in total. The summed E-state index contributed by atoms with van der Waals surface area (Å²) in [4.78, 5) is 17.6. The molecule has 0 N–H and O–H groups in total. The molecule has 0 aromatic heterocycles. The van der Waals surface area contributed by atoms with Crippen molar-refractivity contribution < 1.29 is 9.63 Å². The molecule has 1 amide bonds. The molecule has 2 aromatic rings. The van der Waals surface area contributed by atoms with Crippen LogP contribution in [0.15, 0.2) is 36.4 Å². The second-order valence-corrected chi connectivity index (χ2v) is 6.33. The summed E-state index contributed by atoms with van der Waals surface area (Å²) in [6.45, 7) is 0.266. The van der Waals surface area contributed by atoms with Crippen molar-refractivity contribution in [1.29, 1.82) is 0 Å². The normalized spacial score (nSPS) is 10.7. The van der Waals surface area contributed by atoms with Crippen LogP contribution in [0.25, 0.3) is 0 Å². The molecule has 2 rings (SSSR count). The van der Waals surface area contributed by atoms with E-state index in [2.05, 4.69) is 0 Å². The lowest BCUT2D eigenvalue weighted by atomic mass is 10.1. The Balaban J connectivity index is 2.15. The Labute approximate surface area is 154 Å². The van der Waals surface area contributed by atoms with Crippen LogP contribution in [0.5, 0.6) is 0 Å². The van der Waals surface area contributed by atoms with E-state index in [0.29, 0.717) is 37.6 Å². The van der Waals surface area contributed by atoms with E-state index in [9.17, 15) is 4.79 Å². The van der Waals surface area contributed by atoms with E-state index in [4.69, 9.17) is 51.2 Å². The van der Waals surface area contributed by atoms with Gasteiger partial charge in [0.1, 0.15) is 0 Å². The quantitative estimate of drug-likeness (QED) is 0.624. The van der Waals surface area contributed by atoms with Gasteiger partial charge in [0.25, 0.3) is 5.91 Å². The number of rotatable bonds is 5. The molecule has 0 aliphatic rings. The molecule has 7 heteroatoms. The first-order valence-corrected chi connectivity index (χ1v) is 8.19. The summed E-state index contributed by atoms with van der Waals surface area (Å²) in [6.07, 6.45) is 0.416. The van der Waals surface area contributed by atoms with Crippen molar-refractivity contribution in [2.24, 2.45) is 0 Å². The lowest BCUT2D eigenvalue weighted by molar-refractivity contribution is -0.0942. The van der Waals surface area contributed by atoms with Crippen LogP contribution in [0.1, 0.15) is 15.9 Å². The summed E-state index contributed by atoms with van der Waals surface area (Å²) in [7, 11) is 1.42. The molecular formula is C16H13Cl4NO2. The van der Waals surface area contributed by atoms with E-state index in [1.54, 1.807) is 36.4 Å². The first-order chi connectivity index (χ1) is 10.9. The first-order valence-electron chi connectivity index (χ1n) is 6.68. The summed E-state index contributed by atoms with van der Waals surface area (Å²) in [6, 6.07) is 9.99. The van der Waals surface area contributed by atoms with Gasteiger partial charge in [-0.05, 0) is 36.2 Å². The van der Waals surface area contributed by atoms with Gasteiger partial charge < -0.3 is 0 Å². The van der Waals surface area contributed by atoms with Crippen molar-refractivity contribution in [3.63, 3.8) is 0 Å². The topological polar surface area (TPSA) is 29.5 Å². The second kappa shape index (κ2) is 8.22. The molecule has 0 radical (unpaired) electrons. The van der Waals surface area contributed by atoms with Gasteiger partial charge in [-0.3, -0.25) is 9.63 Å². The number of amides is 1. The van der Waals surface area contributed by atoms with Gasteiger partial charge in [0, 0.05) is 15.1 Å². The summed E-state index contributed by atoms with van der Waals surface area (Å²) in [5.41, 5.74) is 1.07. The van der Waals surface area contributed by atoms with Crippen molar-refractivity contribution in [3.8, 4) is 0 Å². The van der Waals surface area contributed by atoms with Crippen LogP contribution in [0.3, 0.4) is 0 Å². The van der Waals surface area contributed by atoms with Gasteiger partial charge in [-0.25, -0.2) is 5.06 Å². The Morgan fingerprint density at radius 1 is 1.04 bits per heavy atom. The summed E-state index contributed by atoms with van der Waals surface area (Å²) < 4.78 is 0. The minimum atomic E-state index is -0.334. The zero-order valence-corrected chi connectivity index (χ0v) is 15.2. The van der Waals surface area contributed by atoms with E-state index in [0.717, 1.165) is 0 Å². The van der Waals surface area contributed by atoms with Gasteiger partial charge in [-0.15, -0.1) is 0 Å². The lowest BCUT2D eigenvalue weighted by Gasteiger charge is -2.21. The number of hydrogen-bond acceptors (Lipinski definition) is 2. The largest absolute Gasteiger partial charge is 0.278 e. The van der Waals surface area contributed by atoms with Gasteiger partial charge >= 0.3 is 0 Å². The smallest absolute Gasteiger partial charge is 0.274 e. The Bertz CT molecular complexity index is 698. The van der Waals surface area contributed by atoms with Crippen LogP contribution in [0.2, 0.25) is 20.1 Å². The van der Waals surface area contributed by atoms with E-state index >= 15 is 0 Å². The van der Waals surface area contributed by atoms with Crippen LogP contribution < -0.4 is 0 Å². The van der Waals surface area contributed by atoms with Crippen molar-refractivity contribution >= 4 is 52.3 Å². The fraction of sp³-hybridized carbons (Fsp3) is 0.188. The first kappa shape index (κ1) is 18.4. The van der Waals surface area contributed by atoms with Crippen LogP contribution in [-0.4, -0.2) is 24.6 Å². The fourth-order valence-corrected chi connectivity index (χ4v) is 3.29. The molecular weight excluding hydrogens is 380 g/mol. The highest BCUT2D eigenvalue weighted by Crippen LogP contribution is 2.29. The lowest BCUT2D eigenvalue weighted by Crippen LogP contribution is -2.32. The van der Waals surface area contributed by atoms with Gasteiger partial charge in [0.05, 0.1) is 24.2 Å². The second-order valence-electron chi connectivity index (χ2n) is 4.67. The Morgan fingerprint density at radius 2 is 1.65 bits per heavy atom. The zero-order valence-electron chi connectivity index (χ0n) is 12.2. The fourth-order valence-electron chi connectivity index (χ4n) is 2.07. The molecule has 0 aliphatic carbocycles. The summed E-state index contributed by atoms with van der Waals surface area (Å²) in [5.74, 6) is -0.334. The maximum absolute atomic E-state index is 12.5. The number of carbonyl (C=O) groups excluding carboxylic acids is 1. The number of nitrogens with zero attached hydrogens (tertiary/aromatic N) is 1. The SMILES string of the molecule is CON(CCc1c(Cl)cc(Cl)cc1Cl)C(=O)c1ccccc1Cl. The van der Waals surface area contributed by atoms with E-state index < -0.39 is 0 Å². The van der Waals surface area contributed by atoms with Crippen LogP contribution >= 0.6 is 46.4 Å². The zero-order chi connectivity index (χ0) is 17.0. The molecule has 23 heavy (non-hydrogen) atoms. The highest BCUT2D eigenvalue weighted by Gasteiger charge is 2.19. The molecule has 0 aliphatic heterocycles. The average Bonchev–Trinajstić information content (AvgIpc) is 2.50. The third kappa shape index (κ3) is 4.52. The molecule has 0 saturated heterocycles. The molecule has 0 saturated carbocycles. The van der Waals surface area contributed by atoms with Crippen molar-refractivity contribution in [2.45, 2.75) is 6.42 Å². The van der Waals surface area contributed by atoms with E-state index in [1.165, 1.54) is 12.2 Å². The Kier molecular flexibility index (Phi) is 6.57. The minimum Gasteiger partial charge on any atom is -0.274 e. The van der Waals surface area contributed by atoms with Gasteiger partial charge in [0.15, 0.2) is 0 Å². The van der Waals surface area contributed by atoms with Crippen LogP contribution in [0, 0.1) is 0 Å². The third-order valence-electron chi connectivity index (χ3n) is 3.22. The molecule has 0 atom stereocenters. The summed E-state index contributed by atoms with van der Waals surface area (Å²) in [5, 5.41) is 2.93. The highest BCUT2D eigenvalue weighted by molar-refractivity contribution is 6.39. The van der Waals surface area contributed by atoms with Crippen molar-refractivity contribution in [3.05, 3.63) is 67.6 Å². The molecule has 0 fully saturated rings. The number of carbonyl (C=O) groups is 1. The van der Waals surface area contributed by atoms with E-state index in [-0.39, 0.29) is 12.5 Å². The van der Waals surface area contributed by atoms with Crippen molar-refractivity contribution in [2.75, 3.05) is 13.7 Å². The number of benzene rings is 2. The van der Waals surface area contributed by atoms with Gasteiger partial charge in [0.2, 0.25) is 0 Å². The molecule has 0 bridgehead atoms. The predicted molar refractivity (Wildman–Crippen MR) is 94.7 cm³/mol. The molecule has 0 spiro atoms. The average molecular weight is 393 g/mol.